The van der Waals surface area contributed by atoms with Gasteiger partial charge in [0.05, 0.1) is 35.5 Å². The number of nitro groups is 1. The van der Waals surface area contributed by atoms with E-state index in [0.29, 0.717) is 18.7 Å². The molecule has 0 saturated carbocycles. The Morgan fingerprint density at radius 2 is 2.10 bits per heavy atom. The number of nitro benzene ring substituents is 1. The Bertz CT molecular complexity index is 938. The predicted octanol–water partition coefficient (Wildman–Crippen LogP) is 1.21. The fraction of sp³-hybridized carbons (Fsp3) is 0.400. The van der Waals surface area contributed by atoms with Crippen LogP contribution in [0.15, 0.2) is 46.3 Å². The largest absolute Gasteiger partial charge is 0.323 e. The topological polar surface area (TPSA) is 89.6 Å². The van der Waals surface area contributed by atoms with E-state index in [4.69, 9.17) is 4.99 Å². The monoisotopic (exact) mass is 393 g/mol. The van der Waals surface area contributed by atoms with Crippen LogP contribution in [0.5, 0.6) is 0 Å². The zero-order valence-corrected chi connectivity index (χ0v) is 16.3. The van der Waals surface area contributed by atoms with Crippen LogP contribution in [0.25, 0.3) is 0 Å². The van der Waals surface area contributed by atoms with Crippen molar-refractivity contribution in [2.75, 3.05) is 32.7 Å². The Hall–Kier alpha value is -3.22. The highest BCUT2D eigenvalue weighted by Gasteiger charge is 2.36. The average molecular weight is 393 g/mol. The summed E-state index contributed by atoms with van der Waals surface area (Å²) in [7, 11) is 0. The number of benzene rings is 1. The second-order valence-corrected chi connectivity index (χ2v) is 6.94. The normalized spacial score (nSPS) is 21.2. The highest BCUT2D eigenvalue weighted by Crippen LogP contribution is 2.27. The van der Waals surface area contributed by atoms with Crippen molar-refractivity contribution >= 4 is 17.6 Å². The Labute approximate surface area is 169 Å². The zero-order chi connectivity index (χ0) is 20.2. The molecule has 0 aromatic heterocycles. The molecule has 3 aliphatic heterocycles. The molecule has 1 unspecified atom stereocenters. The molecule has 1 aromatic rings. The van der Waals surface area contributed by atoms with Crippen LogP contribution >= 0.6 is 0 Å². The number of rotatable bonds is 5. The molecule has 0 amide bonds. The van der Waals surface area contributed by atoms with Crippen LogP contribution in [0, 0.1) is 22.0 Å². The van der Waals surface area contributed by atoms with Crippen molar-refractivity contribution in [1.82, 2.24) is 20.1 Å². The summed E-state index contributed by atoms with van der Waals surface area (Å²) in [5.74, 6) is 6.11. The van der Waals surface area contributed by atoms with Crippen molar-refractivity contribution in [2.24, 2.45) is 10.1 Å². The van der Waals surface area contributed by atoms with Gasteiger partial charge in [0.2, 0.25) is 0 Å². The number of hydrogen-bond acceptors (Lipinski definition) is 8. The first-order chi connectivity index (χ1) is 14.2. The summed E-state index contributed by atoms with van der Waals surface area (Å²) < 4.78 is 0. The number of fused-ring (bicyclic) bond motifs is 1. The van der Waals surface area contributed by atoms with Gasteiger partial charge in [-0.25, -0.2) is 4.99 Å². The Morgan fingerprint density at radius 1 is 1.31 bits per heavy atom. The molecule has 0 radical (unpaired) electrons. The van der Waals surface area contributed by atoms with Crippen molar-refractivity contribution in [3.63, 3.8) is 0 Å². The van der Waals surface area contributed by atoms with Gasteiger partial charge in [0.25, 0.3) is 5.69 Å². The zero-order valence-electron chi connectivity index (χ0n) is 16.3. The third kappa shape index (κ3) is 3.99. The van der Waals surface area contributed by atoms with E-state index in [1.807, 2.05) is 13.1 Å². The summed E-state index contributed by atoms with van der Waals surface area (Å²) in [6, 6.07) is 6.75. The van der Waals surface area contributed by atoms with E-state index in [9.17, 15) is 10.1 Å². The van der Waals surface area contributed by atoms with E-state index in [0.717, 1.165) is 37.6 Å². The summed E-state index contributed by atoms with van der Waals surface area (Å²) in [6.45, 7) is 6.42. The number of hydrazone groups is 1. The maximum atomic E-state index is 11.3. The fourth-order valence-corrected chi connectivity index (χ4v) is 3.68. The summed E-state index contributed by atoms with van der Waals surface area (Å²) >= 11 is 0. The number of nitrogens with one attached hydrogen (secondary N) is 1. The van der Waals surface area contributed by atoms with Crippen molar-refractivity contribution in [2.45, 2.75) is 19.8 Å². The quantitative estimate of drug-likeness (QED) is 0.459. The molecule has 1 saturated heterocycles. The number of piperazine rings is 1. The summed E-state index contributed by atoms with van der Waals surface area (Å²) in [4.78, 5) is 20.3. The summed E-state index contributed by atoms with van der Waals surface area (Å²) in [6.07, 6.45) is 3.55. The van der Waals surface area contributed by atoms with Crippen LogP contribution in [0.4, 0.5) is 5.69 Å². The van der Waals surface area contributed by atoms with Gasteiger partial charge in [0.15, 0.2) is 6.29 Å². The third-order valence-electron chi connectivity index (χ3n) is 5.13. The molecule has 1 fully saturated rings. The maximum absolute atomic E-state index is 11.3. The van der Waals surface area contributed by atoms with E-state index in [1.165, 1.54) is 6.07 Å². The number of allylic oxidation sites excluding steroid dienone is 1. The Balaban J connectivity index is 1.59. The molecule has 4 rings (SSSR count). The molecule has 3 heterocycles. The maximum Gasteiger partial charge on any atom is 0.274 e. The summed E-state index contributed by atoms with van der Waals surface area (Å²) in [5.41, 5.74) is 2.48. The molecule has 0 bridgehead atoms. The standard InChI is InChI=1S/C20H23N7O2/c1-2-3-10-26-19-15-25(14-16-6-4-5-7-18(16)27(28)29)22-13-17(19)23-20(26)24-11-8-21-9-12-24/h4-7,13,15,20-21H,8-12,14H2,1H3. The van der Waals surface area contributed by atoms with E-state index in [-0.39, 0.29) is 16.9 Å². The van der Waals surface area contributed by atoms with Crippen LogP contribution in [0.3, 0.4) is 0 Å². The second kappa shape index (κ2) is 8.43. The average Bonchev–Trinajstić information content (AvgIpc) is 3.11. The lowest BCUT2D eigenvalue weighted by molar-refractivity contribution is -0.385. The molecule has 1 atom stereocenters. The van der Waals surface area contributed by atoms with E-state index in [1.54, 1.807) is 29.4 Å². The minimum atomic E-state index is -0.359. The van der Waals surface area contributed by atoms with Crippen molar-refractivity contribution in [3.05, 3.63) is 51.8 Å². The molecule has 0 spiro atoms. The minimum absolute atomic E-state index is 0.0967. The van der Waals surface area contributed by atoms with Gasteiger partial charge in [-0.05, 0) is 6.92 Å². The van der Waals surface area contributed by atoms with Crippen LogP contribution in [-0.2, 0) is 6.54 Å². The van der Waals surface area contributed by atoms with Crippen LogP contribution < -0.4 is 5.32 Å². The van der Waals surface area contributed by atoms with Gasteiger partial charge in [-0.2, -0.15) is 5.10 Å². The van der Waals surface area contributed by atoms with Gasteiger partial charge in [-0.15, -0.1) is 5.92 Å². The van der Waals surface area contributed by atoms with E-state index in [2.05, 4.69) is 32.1 Å². The molecule has 3 aliphatic rings. The molecule has 150 valence electrons. The molecular formula is C20H23N7O2. The molecular weight excluding hydrogens is 370 g/mol. The Kier molecular flexibility index (Phi) is 5.55. The van der Waals surface area contributed by atoms with Gasteiger partial charge in [-0.1, -0.05) is 24.1 Å². The first-order valence-electron chi connectivity index (χ1n) is 9.61. The lowest BCUT2D eigenvalue weighted by atomic mass is 10.1. The van der Waals surface area contributed by atoms with Gasteiger partial charge in [-0.3, -0.25) is 20.0 Å². The lowest BCUT2D eigenvalue weighted by Crippen LogP contribution is -2.52. The highest BCUT2D eigenvalue weighted by molar-refractivity contribution is 6.39. The summed E-state index contributed by atoms with van der Waals surface area (Å²) in [5, 5.41) is 20.9. The number of nitrogens with zero attached hydrogens (tertiary/aromatic N) is 6. The number of hydrogen-bond donors (Lipinski definition) is 1. The smallest absolute Gasteiger partial charge is 0.274 e. The molecule has 1 N–H and O–H groups in total. The molecule has 9 heteroatoms. The first-order valence-corrected chi connectivity index (χ1v) is 9.61. The third-order valence-corrected chi connectivity index (χ3v) is 5.13. The molecule has 0 aliphatic carbocycles. The number of para-hydroxylation sites is 1. The van der Waals surface area contributed by atoms with Crippen molar-refractivity contribution in [3.8, 4) is 11.8 Å². The highest BCUT2D eigenvalue weighted by atomic mass is 16.6. The van der Waals surface area contributed by atoms with Gasteiger partial charge >= 0.3 is 0 Å². The van der Waals surface area contributed by atoms with Gasteiger partial charge in [0.1, 0.15) is 5.71 Å². The van der Waals surface area contributed by atoms with Crippen molar-refractivity contribution < 1.29 is 4.92 Å². The van der Waals surface area contributed by atoms with E-state index >= 15 is 0 Å². The molecule has 29 heavy (non-hydrogen) atoms. The second-order valence-electron chi connectivity index (χ2n) is 6.94. The molecule has 9 nitrogen and oxygen atoms in total. The fourth-order valence-electron chi connectivity index (χ4n) is 3.68. The van der Waals surface area contributed by atoms with Crippen LogP contribution in [0.2, 0.25) is 0 Å². The van der Waals surface area contributed by atoms with E-state index < -0.39 is 0 Å². The first kappa shape index (κ1) is 19.1. The minimum Gasteiger partial charge on any atom is -0.323 e. The Morgan fingerprint density at radius 3 is 2.86 bits per heavy atom. The van der Waals surface area contributed by atoms with Crippen LogP contribution in [0.1, 0.15) is 12.5 Å². The van der Waals surface area contributed by atoms with Crippen LogP contribution in [-0.4, -0.2) is 70.7 Å². The lowest BCUT2D eigenvalue weighted by Gasteiger charge is -2.36. The van der Waals surface area contributed by atoms with Crippen molar-refractivity contribution in [1.29, 1.82) is 0 Å². The predicted molar refractivity (Wildman–Crippen MR) is 111 cm³/mol. The molecule has 1 aromatic carbocycles. The number of aliphatic imine (C=N–C) groups is 1. The SMILES string of the molecule is CC#CCN1C2=CN(Cc3ccccc3[N+](=O)[O-])N=CC2=NC1N1CCNCC1. The van der Waals surface area contributed by atoms with Gasteiger partial charge in [0, 0.05) is 38.4 Å². The van der Waals surface area contributed by atoms with Gasteiger partial charge < -0.3 is 10.2 Å².